The third-order valence-corrected chi connectivity index (χ3v) is 6.04. The molecule has 0 aliphatic carbocycles. The number of carbonyl (C=O) groups is 1. The van der Waals surface area contributed by atoms with Crippen LogP contribution in [0.2, 0.25) is 0 Å². The lowest BCUT2D eigenvalue weighted by Gasteiger charge is -2.15. The molecule has 1 amide bonds. The number of fused-ring (bicyclic) bond motifs is 1. The van der Waals surface area contributed by atoms with Crippen molar-refractivity contribution < 1.29 is 4.79 Å². The minimum Gasteiger partial charge on any atom is -0.355 e. The van der Waals surface area contributed by atoms with Crippen LogP contribution in [0.3, 0.4) is 0 Å². The van der Waals surface area contributed by atoms with Gasteiger partial charge in [0.05, 0.1) is 15.9 Å². The number of benzene rings is 2. The van der Waals surface area contributed by atoms with Crippen LogP contribution < -0.4 is 10.2 Å². The highest BCUT2D eigenvalue weighted by Gasteiger charge is 2.15. The summed E-state index contributed by atoms with van der Waals surface area (Å²) in [5.41, 5.74) is 3.34. The number of aromatic nitrogens is 3. The Hall–Kier alpha value is -3.32. The number of nitrogens with zero attached hydrogens (tertiary/aromatic N) is 4. The van der Waals surface area contributed by atoms with Crippen LogP contribution in [0.25, 0.3) is 21.5 Å². The zero-order valence-electron chi connectivity index (χ0n) is 15.7. The van der Waals surface area contributed by atoms with Crippen molar-refractivity contribution in [2.24, 2.45) is 0 Å². The molecule has 0 unspecified atom stereocenters. The highest BCUT2D eigenvalue weighted by Crippen LogP contribution is 2.24. The maximum Gasteiger partial charge on any atom is 0.284 e. The predicted molar refractivity (Wildman–Crippen MR) is 116 cm³/mol. The van der Waals surface area contributed by atoms with Crippen LogP contribution in [0.5, 0.6) is 0 Å². The van der Waals surface area contributed by atoms with Gasteiger partial charge in [-0.05, 0) is 49.2 Å². The summed E-state index contributed by atoms with van der Waals surface area (Å²) in [6, 6.07) is 19.4. The van der Waals surface area contributed by atoms with Crippen molar-refractivity contribution in [3.05, 3.63) is 65.7 Å². The third-order valence-electron chi connectivity index (χ3n) is 5.01. The smallest absolute Gasteiger partial charge is 0.284 e. The molecule has 3 heterocycles. The summed E-state index contributed by atoms with van der Waals surface area (Å²) in [6.45, 7) is 2.11. The number of amides is 1. The van der Waals surface area contributed by atoms with E-state index in [1.54, 1.807) is 0 Å². The second-order valence-corrected chi connectivity index (χ2v) is 8.02. The molecule has 2 aromatic heterocycles. The van der Waals surface area contributed by atoms with Gasteiger partial charge in [0.15, 0.2) is 10.8 Å². The van der Waals surface area contributed by atoms with Crippen LogP contribution >= 0.6 is 11.3 Å². The molecule has 0 saturated carbocycles. The van der Waals surface area contributed by atoms with Crippen LogP contribution in [-0.2, 0) is 0 Å². The van der Waals surface area contributed by atoms with Gasteiger partial charge in [-0.25, -0.2) is 4.98 Å². The number of carbonyl (C=O) groups excluding carboxylic acids is 1. The molecular weight excluding hydrogens is 382 g/mol. The molecule has 7 heteroatoms. The summed E-state index contributed by atoms with van der Waals surface area (Å²) in [7, 11) is 0. The molecule has 144 valence electrons. The zero-order chi connectivity index (χ0) is 19.6. The van der Waals surface area contributed by atoms with Gasteiger partial charge in [-0.1, -0.05) is 24.3 Å². The molecule has 2 aromatic carbocycles. The van der Waals surface area contributed by atoms with Gasteiger partial charge in [-0.3, -0.25) is 4.79 Å². The van der Waals surface area contributed by atoms with Crippen molar-refractivity contribution >= 4 is 39.0 Å². The van der Waals surface area contributed by atoms with Crippen molar-refractivity contribution in [2.75, 3.05) is 23.3 Å². The van der Waals surface area contributed by atoms with E-state index >= 15 is 0 Å². The lowest BCUT2D eigenvalue weighted by Crippen LogP contribution is -2.19. The number of para-hydroxylation sites is 1. The topological polar surface area (TPSA) is 71.0 Å². The molecule has 1 fully saturated rings. The Labute approximate surface area is 172 Å². The first-order valence-electron chi connectivity index (χ1n) is 9.62. The van der Waals surface area contributed by atoms with E-state index in [0.29, 0.717) is 5.01 Å². The Morgan fingerprint density at radius 2 is 1.72 bits per heavy atom. The van der Waals surface area contributed by atoms with E-state index in [1.165, 1.54) is 24.2 Å². The minimum absolute atomic E-state index is 0.200. The Kier molecular flexibility index (Phi) is 4.65. The number of anilines is 2. The van der Waals surface area contributed by atoms with Crippen LogP contribution in [-0.4, -0.2) is 34.2 Å². The van der Waals surface area contributed by atoms with Crippen molar-refractivity contribution in [3.63, 3.8) is 0 Å². The Morgan fingerprint density at radius 3 is 2.45 bits per heavy atom. The van der Waals surface area contributed by atoms with Crippen molar-refractivity contribution in [3.8, 4) is 11.3 Å². The Morgan fingerprint density at radius 1 is 0.931 bits per heavy atom. The maximum atomic E-state index is 12.5. The number of thiazole rings is 1. The summed E-state index contributed by atoms with van der Waals surface area (Å²) < 4.78 is 1.00. The molecule has 6 nitrogen and oxygen atoms in total. The average molecular weight is 401 g/mol. The molecule has 0 bridgehead atoms. The van der Waals surface area contributed by atoms with E-state index in [-0.39, 0.29) is 5.91 Å². The van der Waals surface area contributed by atoms with Gasteiger partial charge >= 0.3 is 0 Å². The highest BCUT2D eigenvalue weighted by atomic mass is 32.1. The summed E-state index contributed by atoms with van der Waals surface area (Å²) >= 11 is 1.39. The van der Waals surface area contributed by atoms with E-state index < -0.39 is 0 Å². The summed E-state index contributed by atoms with van der Waals surface area (Å²) in [5.74, 6) is 0.736. The van der Waals surface area contributed by atoms with Crippen LogP contribution in [0.4, 0.5) is 11.5 Å². The standard InChI is InChI=1S/C22H19N5OS/c28-21(22-24-18-5-1-2-6-19(18)29-22)23-16-9-7-15(8-10-16)17-11-12-20(26-25-17)27-13-3-4-14-27/h1-2,5-12H,3-4,13-14H2,(H,23,28). The van der Waals surface area contributed by atoms with Crippen LogP contribution in [0.1, 0.15) is 22.6 Å². The molecule has 0 radical (unpaired) electrons. The minimum atomic E-state index is -0.200. The van der Waals surface area contributed by atoms with E-state index in [9.17, 15) is 4.79 Å². The van der Waals surface area contributed by atoms with Crippen molar-refractivity contribution in [1.82, 2.24) is 15.2 Å². The lowest BCUT2D eigenvalue weighted by molar-refractivity contribution is 0.102. The number of rotatable bonds is 4. The van der Waals surface area contributed by atoms with Gasteiger partial charge < -0.3 is 10.2 Å². The first-order chi connectivity index (χ1) is 14.3. The first kappa shape index (κ1) is 17.8. The number of nitrogens with one attached hydrogen (secondary N) is 1. The average Bonchev–Trinajstić information content (AvgIpc) is 3.44. The maximum absolute atomic E-state index is 12.5. The van der Waals surface area contributed by atoms with E-state index in [2.05, 4.69) is 25.4 Å². The fourth-order valence-electron chi connectivity index (χ4n) is 3.47. The molecular formula is C22H19N5OS. The van der Waals surface area contributed by atoms with Crippen molar-refractivity contribution in [1.29, 1.82) is 0 Å². The SMILES string of the molecule is O=C(Nc1ccc(-c2ccc(N3CCCC3)nn2)cc1)c1nc2ccccc2s1. The van der Waals surface area contributed by atoms with Gasteiger partial charge in [-0.2, -0.15) is 0 Å². The van der Waals surface area contributed by atoms with E-state index in [1.807, 2.05) is 60.7 Å². The third kappa shape index (κ3) is 3.69. The summed E-state index contributed by atoms with van der Waals surface area (Å²) in [5, 5.41) is 12.1. The molecule has 0 atom stereocenters. The van der Waals surface area contributed by atoms with Crippen molar-refractivity contribution in [2.45, 2.75) is 12.8 Å². The largest absolute Gasteiger partial charge is 0.355 e. The molecule has 4 aromatic rings. The highest BCUT2D eigenvalue weighted by molar-refractivity contribution is 7.20. The van der Waals surface area contributed by atoms with Crippen LogP contribution in [0.15, 0.2) is 60.7 Å². The van der Waals surface area contributed by atoms with E-state index in [0.717, 1.165) is 46.1 Å². The molecule has 5 rings (SSSR count). The molecule has 1 N–H and O–H groups in total. The van der Waals surface area contributed by atoms with Crippen LogP contribution in [0, 0.1) is 0 Å². The fraction of sp³-hybridized carbons (Fsp3) is 0.182. The zero-order valence-corrected chi connectivity index (χ0v) is 16.5. The van der Waals surface area contributed by atoms with Gasteiger partial charge in [0.25, 0.3) is 5.91 Å². The molecule has 1 aliphatic rings. The summed E-state index contributed by atoms with van der Waals surface area (Å²) in [4.78, 5) is 19.2. The molecule has 1 saturated heterocycles. The predicted octanol–water partition coefficient (Wildman–Crippen LogP) is 4.61. The monoisotopic (exact) mass is 401 g/mol. The second kappa shape index (κ2) is 7.60. The molecule has 29 heavy (non-hydrogen) atoms. The number of hydrogen-bond acceptors (Lipinski definition) is 6. The van der Waals surface area contributed by atoms with E-state index in [4.69, 9.17) is 0 Å². The molecule has 0 spiro atoms. The quantitative estimate of drug-likeness (QED) is 0.541. The number of hydrogen-bond donors (Lipinski definition) is 1. The van der Waals surface area contributed by atoms with Gasteiger partial charge in [0.2, 0.25) is 0 Å². The van der Waals surface area contributed by atoms with Gasteiger partial charge in [0, 0.05) is 24.3 Å². The second-order valence-electron chi connectivity index (χ2n) is 6.99. The fourth-order valence-corrected chi connectivity index (χ4v) is 4.33. The normalized spacial score (nSPS) is 13.7. The summed E-state index contributed by atoms with van der Waals surface area (Å²) in [6.07, 6.45) is 2.43. The molecule has 1 aliphatic heterocycles. The van der Waals surface area contributed by atoms with Gasteiger partial charge in [-0.15, -0.1) is 21.5 Å². The van der Waals surface area contributed by atoms with Gasteiger partial charge in [0.1, 0.15) is 0 Å². The Bertz CT molecular complexity index is 1120. The first-order valence-corrected chi connectivity index (χ1v) is 10.4. The Balaban J connectivity index is 1.29. The lowest BCUT2D eigenvalue weighted by atomic mass is 10.1.